The van der Waals surface area contributed by atoms with Crippen LogP contribution < -0.4 is 10.6 Å². The van der Waals surface area contributed by atoms with Gasteiger partial charge in [0.2, 0.25) is 5.91 Å². The maximum Gasteiger partial charge on any atom is 0.222 e. The van der Waals surface area contributed by atoms with E-state index in [-0.39, 0.29) is 42.9 Å². The van der Waals surface area contributed by atoms with Crippen LogP contribution in [0.1, 0.15) is 25.3 Å². The summed E-state index contributed by atoms with van der Waals surface area (Å²) in [6.07, 6.45) is 1.57. The molecule has 1 aromatic rings. The van der Waals surface area contributed by atoms with Gasteiger partial charge >= 0.3 is 0 Å². The number of nitrogens with one attached hydrogen (secondary N) is 2. The van der Waals surface area contributed by atoms with E-state index in [1.54, 1.807) is 0 Å². The molecule has 3 unspecified atom stereocenters. The van der Waals surface area contributed by atoms with Crippen molar-refractivity contribution >= 4 is 30.7 Å². The molecule has 2 heterocycles. The first kappa shape index (κ1) is 23.2. The van der Waals surface area contributed by atoms with E-state index in [1.165, 1.54) is 5.56 Å². The molecule has 2 saturated heterocycles. The second-order valence-corrected chi connectivity index (χ2v) is 7.06. The zero-order chi connectivity index (χ0) is 16.8. The van der Waals surface area contributed by atoms with Gasteiger partial charge in [-0.2, -0.15) is 0 Å². The van der Waals surface area contributed by atoms with Gasteiger partial charge in [0.25, 0.3) is 0 Å². The number of carbonyl (C=O) groups is 1. The van der Waals surface area contributed by atoms with E-state index in [2.05, 4.69) is 46.7 Å². The van der Waals surface area contributed by atoms with Gasteiger partial charge < -0.3 is 15.4 Å². The number of rotatable bonds is 5. The zero-order valence-corrected chi connectivity index (χ0v) is 17.0. The van der Waals surface area contributed by atoms with E-state index in [1.807, 2.05) is 6.07 Å². The summed E-state index contributed by atoms with van der Waals surface area (Å²) in [6.45, 7) is 7.51. The minimum atomic E-state index is -0.00526. The van der Waals surface area contributed by atoms with Gasteiger partial charge in [-0.1, -0.05) is 37.3 Å². The number of amides is 1. The van der Waals surface area contributed by atoms with Crippen LogP contribution in [0.2, 0.25) is 0 Å². The van der Waals surface area contributed by atoms with Crippen LogP contribution in [-0.2, 0) is 16.1 Å². The summed E-state index contributed by atoms with van der Waals surface area (Å²) in [7, 11) is 0. The first-order valence-electron chi connectivity index (χ1n) is 9.08. The number of carbonyl (C=O) groups excluding carboxylic acids is 1. The third-order valence-electron chi connectivity index (χ3n) is 5.06. The smallest absolute Gasteiger partial charge is 0.222 e. The number of piperidine rings is 1. The first-order chi connectivity index (χ1) is 11.7. The maximum absolute atomic E-state index is 12.4. The molecule has 7 heteroatoms. The van der Waals surface area contributed by atoms with Gasteiger partial charge in [0, 0.05) is 32.2 Å². The first-order valence-corrected chi connectivity index (χ1v) is 9.08. The van der Waals surface area contributed by atoms with Crippen molar-refractivity contribution in [3.8, 4) is 0 Å². The average molecular weight is 404 g/mol. The van der Waals surface area contributed by atoms with Crippen LogP contribution >= 0.6 is 24.8 Å². The molecule has 1 aromatic carbocycles. The van der Waals surface area contributed by atoms with E-state index < -0.39 is 0 Å². The number of ether oxygens (including phenoxy) is 1. The van der Waals surface area contributed by atoms with E-state index in [0.717, 1.165) is 39.1 Å². The summed E-state index contributed by atoms with van der Waals surface area (Å²) in [5.41, 5.74) is 1.31. The van der Waals surface area contributed by atoms with Crippen LogP contribution in [0.15, 0.2) is 30.3 Å². The SMILES string of the molecule is CC1CCNCC1NC(=O)CC1CN(Cc2ccccc2)CCO1.Cl.Cl. The Bertz CT molecular complexity index is 533. The van der Waals surface area contributed by atoms with E-state index in [0.29, 0.717) is 18.9 Å². The number of halogens is 2. The lowest BCUT2D eigenvalue weighted by Gasteiger charge is -2.34. The largest absolute Gasteiger partial charge is 0.375 e. The van der Waals surface area contributed by atoms with Crippen LogP contribution in [-0.4, -0.2) is 55.7 Å². The molecule has 0 aliphatic carbocycles. The second kappa shape index (κ2) is 11.8. The fraction of sp³-hybridized carbons (Fsp3) is 0.632. The Balaban J connectivity index is 0.00000169. The van der Waals surface area contributed by atoms with Gasteiger partial charge in [-0.3, -0.25) is 9.69 Å². The van der Waals surface area contributed by atoms with Gasteiger partial charge in [0.05, 0.1) is 19.1 Å². The fourth-order valence-corrected chi connectivity index (χ4v) is 3.54. The molecule has 2 aliphatic heterocycles. The molecule has 3 atom stereocenters. The molecule has 1 amide bonds. The molecule has 3 rings (SSSR count). The van der Waals surface area contributed by atoms with Crippen LogP contribution in [0.5, 0.6) is 0 Å². The van der Waals surface area contributed by atoms with Crippen molar-refractivity contribution in [3.05, 3.63) is 35.9 Å². The summed E-state index contributed by atoms with van der Waals surface area (Å²) in [6, 6.07) is 10.7. The lowest BCUT2D eigenvalue weighted by Crippen LogP contribution is -2.51. The summed E-state index contributed by atoms with van der Waals surface area (Å²) in [5.74, 6) is 0.652. The Kier molecular flexibility index (Phi) is 10.5. The van der Waals surface area contributed by atoms with Gasteiger partial charge in [0.1, 0.15) is 0 Å². The summed E-state index contributed by atoms with van der Waals surface area (Å²) >= 11 is 0. The second-order valence-electron chi connectivity index (χ2n) is 7.06. The minimum Gasteiger partial charge on any atom is -0.375 e. The van der Waals surface area contributed by atoms with Crippen molar-refractivity contribution in [2.45, 2.75) is 38.5 Å². The van der Waals surface area contributed by atoms with Crippen molar-refractivity contribution in [1.29, 1.82) is 0 Å². The number of morpholine rings is 1. The molecule has 0 saturated carbocycles. The molecule has 0 spiro atoms. The summed E-state index contributed by atoms with van der Waals surface area (Å²) in [5, 5.41) is 6.53. The van der Waals surface area contributed by atoms with Gasteiger partial charge in [-0.25, -0.2) is 0 Å². The lowest BCUT2D eigenvalue weighted by molar-refractivity contribution is -0.127. The van der Waals surface area contributed by atoms with Crippen molar-refractivity contribution in [2.75, 3.05) is 32.8 Å². The molecule has 2 N–H and O–H groups in total. The monoisotopic (exact) mass is 403 g/mol. The Morgan fingerprint density at radius 1 is 1.31 bits per heavy atom. The van der Waals surface area contributed by atoms with Crippen LogP contribution in [0.4, 0.5) is 0 Å². The standard InChI is InChI=1S/C19H29N3O2.2ClH/c1-15-7-8-20-12-18(15)21-19(23)11-17-14-22(9-10-24-17)13-16-5-3-2-4-6-16;;/h2-6,15,17-18,20H,7-14H2,1H3,(H,21,23);2*1H. The molecule has 2 fully saturated rings. The molecule has 0 aromatic heterocycles. The van der Waals surface area contributed by atoms with Crippen molar-refractivity contribution in [2.24, 2.45) is 5.92 Å². The van der Waals surface area contributed by atoms with E-state index >= 15 is 0 Å². The lowest BCUT2D eigenvalue weighted by atomic mass is 9.94. The molecular formula is C19H31Cl2N3O2. The topological polar surface area (TPSA) is 53.6 Å². The fourth-order valence-electron chi connectivity index (χ4n) is 3.54. The minimum absolute atomic E-state index is 0. The molecule has 148 valence electrons. The predicted octanol–water partition coefficient (Wildman–Crippen LogP) is 2.24. The van der Waals surface area contributed by atoms with Crippen LogP contribution in [0, 0.1) is 5.92 Å². The Hall–Kier alpha value is -0.850. The highest BCUT2D eigenvalue weighted by molar-refractivity contribution is 5.85. The van der Waals surface area contributed by atoms with E-state index in [4.69, 9.17) is 4.74 Å². The predicted molar refractivity (Wildman–Crippen MR) is 109 cm³/mol. The highest BCUT2D eigenvalue weighted by Crippen LogP contribution is 2.14. The van der Waals surface area contributed by atoms with E-state index in [9.17, 15) is 4.79 Å². The zero-order valence-electron chi connectivity index (χ0n) is 15.4. The van der Waals surface area contributed by atoms with Gasteiger partial charge in [-0.15, -0.1) is 24.8 Å². The van der Waals surface area contributed by atoms with Crippen molar-refractivity contribution in [1.82, 2.24) is 15.5 Å². The quantitative estimate of drug-likeness (QED) is 0.791. The molecular weight excluding hydrogens is 373 g/mol. The third-order valence-corrected chi connectivity index (χ3v) is 5.06. The average Bonchev–Trinajstić information content (AvgIpc) is 2.58. The summed E-state index contributed by atoms with van der Waals surface area (Å²) in [4.78, 5) is 14.7. The molecule has 0 bridgehead atoms. The van der Waals surface area contributed by atoms with Crippen LogP contribution in [0.3, 0.4) is 0 Å². The summed E-state index contributed by atoms with van der Waals surface area (Å²) < 4.78 is 5.81. The van der Waals surface area contributed by atoms with Crippen LogP contribution in [0.25, 0.3) is 0 Å². The normalized spacial score (nSPS) is 26.3. The molecule has 5 nitrogen and oxygen atoms in total. The van der Waals surface area contributed by atoms with Gasteiger partial charge in [-0.05, 0) is 24.4 Å². The third kappa shape index (κ3) is 7.05. The Labute approximate surface area is 169 Å². The Morgan fingerprint density at radius 2 is 2.08 bits per heavy atom. The molecule has 0 radical (unpaired) electrons. The highest BCUT2D eigenvalue weighted by atomic mass is 35.5. The number of nitrogens with zero attached hydrogens (tertiary/aromatic N) is 1. The van der Waals surface area contributed by atoms with Crippen molar-refractivity contribution < 1.29 is 9.53 Å². The van der Waals surface area contributed by atoms with Gasteiger partial charge in [0.15, 0.2) is 0 Å². The van der Waals surface area contributed by atoms with Crippen molar-refractivity contribution in [3.63, 3.8) is 0 Å². The Morgan fingerprint density at radius 3 is 2.81 bits per heavy atom. The number of hydrogen-bond donors (Lipinski definition) is 2. The highest BCUT2D eigenvalue weighted by Gasteiger charge is 2.26. The molecule has 2 aliphatic rings. The number of benzene rings is 1. The molecule has 26 heavy (non-hydrogen) atoms. The maximum atomic E-state index is 12.4. The number of hydrogen-bond acceptors (Lipinski definition) is 4.